The maximum Gasteiger partial charge on any atom is 0.277 e. The fourth-order valence-corrected chi connectivity index (χ4v) is 2.98. The number of aryl methyl sites for hydroxylation is 2. The largest absolute Gasteiger partial charge is 0.483 e. The SMILES string of the molecule is Cc1cccc(C)c1OCC(=O)NN=Cc1ccc(-c2cccc(Br)c2)o1. The normalized spacial score (nSPS) is 10.9. The number of nitrogens with one attached hydrogen (secondary N) is 1. The average molecular weight is 427 g/mol. The Morgan fingerprint density at radius 3 is 2.63 bits per heavy atom. The van der Waals surface area contributed by atoms with E-state index in [2.05, 4.69) is 26.5 Å². The highest BCUT2D eigenvalue weighted by atomic mass is 79.9. The molecule has 0 aliphatic rings. The fraction of sp³-hybridized carbons (Fsp3) is 0.143. The molecule has 0 radical (unpaired) electrons. The molecule has 0 aliphatic carbocycles. The van der Waals surface area contributed by atoms with Crippen LogP contribution in [0.3, 0.4) is 0 Å². The van der Waals surface area contributed by atoms with Crippen molar-refractivity contribution in [1.29, 1.82) is 0 Å². The van der Waals surface area contributed by atoms with Crippen molar-refractivity contribution < 1.29 is 13.9 Å². The lowest BCUT2D eigenvalue weighted by Crippen LogP contribution is -2.24. The van der Waals surface area contributed by atoms with Gasteiger partial charge in [-0.05, 0) is 49.2 Å². The Morgan fingerprint density at radius 1 is 1.15 bits per heavy atom. The van der Waals surface area contributed by atoms with E-state index in [4.69, 9.17) is 9.15 Å². The average Bonchev–Trinajstić information content (AvgIpc) is 3.10. The second kappa shape index (κ2) is 8.68. The minimum absolute atomic E-state index is 0.107. The molecular formula is C21H19BrN2O3. The molecule has 27 heavy (non-hydrogen) atoms. The van der Waals surface area contributed by atoms with Crippen molar-refractivity contribution in [3.63, 3.8) is 0 Å². The molecule has 3 aromatic rings. The van der Waals surface area contributed by atoms with Crippen molar-refractivity contribution in [2.75, 3.05) is 6.61 Å². The van der Waals surface area contributed by atoms with E-state index in [1.54, 1.807) is 6.07 Å². The highest BCUT2D eigenvalue weighted by Gasteiger charge is 2.07. The summed E-state index contributed by atoms with van der Waals surface area (Å²) < 4.78 is 12.3. The summed E-state index contributed by atoms with van der Waals surface area (Å²) in [6.45, 7) is 3.78. The van der Waals surface area contributed by atoms with Crippen molar-refractivity contribution in [3.8, 4) is 17.1 Å². The summed E-state index contributed by atoms with van der Waals surface area (Å²) in [6.07, 6.45) is 1.46. The molecular weight excluding hydrogens is 408 g/mol. The quantitative estimate of drug-likeness (QED) is 0.452. The number of hydrogen-bond acceptors (Lipinski definition) is 4. The molecule has 3 rings (SSSR count). The van der Waals surface area contributed by atoms with Gasteiger partial charge in [0.25, 0.3) is 5.91 Å². The number of hydrogen-bond donors (Lipinski definition) is 1. The Morgan fingerprint density at radius 2 is 1.89 bits per heavy atom. The molecule has 0 aliphatic heterocycles. The number of benzene rings is 2. The zero-order valence-corrected chi connectivity index (χ0v) is 16.6. The van der Waals surface area contributed by atoms with Crippen LogP contribution in [0.1, 0.15) is 16.9 Å². The Bertz CT molecular complexity index is 959. The molecule has 138 valence electrons. The van der Waals surface area contributed by atoms with Crippen LogP contribution in [0, 0.1) is 13.8 Å². The fourth-order valence-electron chi connectivity index (χ4n) is 2.58. The van der Waals surface area contributed by atoms with E-state index in [-0.39, 0.29) is 12.5 Å². The first-order valence-corrected chi connectivity index (χ1v) is 9.19. The van der Waals surface area contributed by atoms with Gasteiger partial charge in [-0.1, -0.05) is 46.3 Å². The van der Waals surface area contributed by atoms with E-state index in [1.165, 1.54) is 6.21 Å². The molecule has 0 bridgehead atoms. The van der Waals surface area contributed by atoms with Gasteiger partial charge in [-0.25, -0.2) is 5.43 Å². The summed E-state index contributed by atoms with van der Waals surface area (Å²) in [6, 6.07) is 17.3. The standard InChI is InChI=1S/C21H19BrN2O3/c1-14-5-3-6-15(2)21(14)26-13-20(25)24-23-12-18-9-10-19(27-18)16-7-4-8-17(22)11-16/h3-12H,13H2,1-2H3,(H,24,25). The summed E-state index contributed by atoms with van der Waals surface area (Å²) in [5.74, 6) is 1.65. The zero-order chi connectivity index (χ0) is 19.2. The maximum absolute atomic E-state index is 11.9. The van der Waals surface area contributed by atoms with Gasteiger partial charge >= 0.3 is 0 Å². The molecule has 0 spiro atoms. The van der Waals surface area contributed by atoms with Gasteiger partial charge < -0.3 is 9.15 Å². The number of amides is 1. The second-order valence-corrected chi connectivity index (χ2v) is 6.93. The predicted octanol–water partition coefficient (Wildman–Crippen LogP) is 4.86. The smallest absolute Gasteiger partial charge is 0.277 e. The van der Waals surface area contributed by atoms with Crippen molar-refractivity contribution >= 4 is 28.1 Å². The molecule has 0 fully saturated rings. The molecule has 2 aromatic carbocycles. The minimum Gasteiger partial charge on any atom is -0.483 e. The number of ether oxygens (including phenoxy) is 1. The van der Waals surface area contributed by atoms with Crippen LogP contribution in [-0.2, 0) is 4.79 Å². The zero-order valence-electron chi connectivity index (χ0n) is 15.0. The Labute approximate surface area is 166 Å². The first-order valence-electron chi connectivity index (χ1n) is 8.39. The van der Waals surface area contributed by atoms with Crippen LogP contribution in [-0.4, -0.2) is 18.7 Å². The summed E-state index contributed by atoms with van der Waals surface area (Å²) >= 11 is 3.44. The number of furan rings is 1. The number of rotatable bonds is 6. The van der Waals surface area contributed by atoms with Gasteiger partial charge in [-0.15, -0.1) is 0 Å². The van der Waals surface area contributed by atoms with Crippen molar-refractivity contribution in [1.82, 2.24) is 5.43 Å². The van der Waals surface area contributed by atoms with Gasteiger partial charge in [0.1, 0.15) is 17.3 Å². The Hall–Kier alpha value is -2.86. The number of carbonyl (C=O) groups is 1. The van der Waals surface area contributed by atoms with Gasteiger partial charge in [0, 0.05) is 10.0 Å². The lowest BCUT2D eigenvalue weighted by molar-refractivity contribution is -0.123. The first kappa shape index (κ1) is 18.9. The molecule has 6 heteroatoms. The lowest BCUT2D eigenvalue weighted by Gasteiger charge is -2.10. The summed E-state index contributed by atoms with van der Waals surface area (Å²) in [5, 5.41) is 3.92. The van der Waals surface area contributed by atoms with Crippen molar-refractivity contribution in [2.24, 2.45) is 5.10 Å². The highest BCUT2D eigenvalue weighted by Crippen LogP contribution is 2.24. The van der Waals surface area contributed by atoms with Crippen LogP contribution in [0.15, 0.2) is 68.6 Å². The topological polar surface area (TPSA) is 63.8 Å². The van der Waals surface area contributed by atoms with Crippen LogP contribution in [0.5, 0.6) is 5.75 Å². The third-order valence-electron chi connectivity index (χ3n) is 3.87. The Kier molecular flexibility index (Phi) is 6.08. The third kappa shape index (κ3) is 5.08. The van der Waals surface area contributed by atoms with E-state index >= 15 is 0 Å². The molecule has 0 saturated heterocycles. The number of nitrogens with zero attached hydrogens (tertiary/aromatic N) is 1. The van der Waals surface area contributed by atoms with Gasteiger partial charge in [0.15, 0.2) is 6.61 Å². The molecule has 0 saturated carbocycles. The third-order valence-corrected chi connectivity index (χ3v) is 4.37. The van der Waals surface area contributed by atoms with Crippen LogP contribution in [0.2, 0.25) is 0 Å². The molecule has 5 nitrogen and oxygen atoms in total. The summed E-state index contributed by atoms with van der Waals surface area (Å²) in [7, 11) is 0. The molecule has 0 unspecified atom stereocenters. The molecule has 0 atom stereocenters. The number of halogens is 1. The van der Waals surface area contributed by atoms with Crippen LogP contribution >= 0.6 is 15.9 Å². The molecule has 1 aromatic heterocycles. The molecule has 1 amide bonds. The van der Waals surface area contributed by atoms with Crippen molar-refractivity contribution in [3.05, 3.63) is 76.0 Å². The predicted molar refractivity (Wildman–Crippen MR) is 109 cm³/mol. The Balaban J connectivity index is 1.54. The lowest BCUT2D eigenvalue weighted by atomic mass is 10.1. The van der Waals surface area contributed by atoms with E-state index in [0.29, 0.717) is 5.76 Å². The van der Waals surface area contributed by atoms with Gasteiger partial charge in [-0.2, -0.15) is 5.10 Å². The van der Waals surface area contributed by atoms with E-state index in [1.807, 2.05) is 62.4 Å². The minimum atomic E-state index is -0.340. The van der Waals surface area contributed by atoms with E-state index in [9.17, 15) is 4.79 Å². The highest BCUT2D eigenvalue weighted by molar-refractivity contribution is 9.10. The number of para-hydroxylation sites is 1. The molecule has 1 heterocycles. The summed E-state index contributed by atoms with van der Waals surface area (Å²) in [5.41, 5.74) is 5.37. The summed E-state index contributed by atoms with van der Waals surface area (Å²) in [4.78, 5) is 11.9. The van der Waals surface area contributed by atoms with Crippen molar-refractivity contribution in [2.45, 2.75) is 13.8 Å². The van der Waals surface area contributed by atoms with Crippen LogP contribution in [0.25, 0.3) is 11.3 Å². The van der Waals surface area contributed by atoms with Gasteiger partial charge in [0.05, 0.1) is 6.21 Å². The monoisotopic (exact) mass is 426 g/mol. The van der Waals surface area contributed by atoms with Gasteiger partial charge in [-0.3, -0.25) is 4.79 Å². The second-order valence-electron chi connectivity index (χ2n) is 6.02. The van der Waals surface area contributed by atoms with E-state index in [0.717, 1.165) is 32.7 Å². The van der Waals surface area contributed by atoms with E-state index < -0.39 is 0 Å². The number of hydrazone groups is 1. The first-order chi connectivity index (χ1) is 13.0. The van der Waals surface area contributed by atoms with Gasteiger partial charge in [0.2, 0.25) is 0 Å². The number of carbonyl (C=O) groups excluding carboxylic acids is 1. The maximum atomic E-state index is 11.9. The van der Waals surface area contributed by atoms with Crippen LogP contribution < -0.4 is 10.2 Å². The van der Waals surface area contributed by atoms with Crippen LogP contribution in [0.4, 0.5) is 0 Å². The molecule has 1 N–H and O–H groups in total.